The van der Waals surface area contributed by atoms with Crippen LogP contribution in [0.2, 0.25) is 0 Å². The predicted molar refractivity (Wildman–Crippen MR) is 84.9 cm³/mol. The van der Waals surface area contributed by atoms with Crippen LogP contribution in [0.4, 0.5) is 5.13 Å². The summed E-state index contributed by atoms with van der Waals surface area (Å²) in [7, 11) is 2.12. The molecule has 1 heterocycles. The summed E-state index contributed by atoms with van der Waals surface area (Å²) in [4.78, 5) is 7.57. The van der Waals surface area contributed by atoms with Gasteiger partial charge in [0.25, 0.3) is 0 Å². The number of aryl methyl sites for hydroxylation is 2. The molecule has 0 atom stereocenters. The normalized spacial score (nSPS) is 10.5. The Kier molecular flexibility index (Phi) is 5.79. The van der Waals surface area contributed by atoms with E-state index >= 15 is 0 Å². The van der Waals surface area contributed by atoms with E-state index in [4.69, 9.17) is 5.73 Å². The molecule has 0 amide bonds. The molecule has 104 valence electrons. The van der Waals surface area contributed by atoms with E-state index in [1.54, 1.807) is 11.3 Å². The Morgan fingerprint density at radius 2 is 2.00 bits per heavy atom. The number of hydrogen-bond donors (Lipinski definition) is 1. The monoisotopic (exact) mass is 297 g/mol. The van der Waals surface area contributed by atoms with Crippen LogP contribution in [-0.4, -0.2) is 16.9 Å². The third kappa shape index (κ3) is 4.49. The second kappa shape index (κ2) is 6.89. The zero-order chi connectivity index (χ0) is 13.1. The maximum atomic E-state index is 5.64. The van der Waals surface area contributed by atoms with E-state index in [9.17, 15) is 0 Å². The quantitative estimate of drug-likeness (QED) is 0.940. The molecule has 0 aliphatic carbocycles. The molecule has 1 aromatic carbocycles. The van der Waals surface area contributed by atoms with Gasteiger partial charge in [0.1, 0.15) is 0 Å². The van der Waals surface area contributed by atoms with E-state index in [2.05, 4.69) is 49.0 Å². The SMILES string of the molecule is Cc1ccc(C)c(CN(C)Cc2cnc(N)s2)c1.Cl. The molecule has 5 heteroatoms. The van der Waals surface area contributed by atoms with Crippen LogP contribution in [0.15, 0.2) is 24.4 Å². The second-order valence-corrected chi connectivity index (χ2v) is 5.91. The van der Waals surface area contributed by atoms with Crippen LogP contribution >= 0.6 is 23.7 Å². The van der Waals surface area contributed by atoms with Crippen LogP contribution < -0.4 is 5.73 Å². The highest BCUT2D eigenvalue weighted by molar-refractivity contribution is 7.15. The maximum Gasteiger partial charge on any atom is 0.180 e. The summed E-state index contributed by atoms with van der Waals surface area (Å²) in [6, 6.07) is 6.60. The Balaban J connectivity index is 0.00000180. The number of nitrogens with zero attached hydrogens (tertiary/aromatic N) is 2. The number of hydrogen-bond acceptors (Lipinski definition) is 4. The zero-order valence-corrected chi connectivity index (χ0v) is 13.1. The summed E-state index contributed by atoms with van der Waals surface area (Å²) in [5.74, 6) is 0. The molecule has 0 saturated heterocycles. The van der Waals surface area contributed by atoms with Crippen molar-refractivity contribution in [3.8, 4) is 0 Å². The third-order valence-electron chi connectivity index (χ3n) is 2.94. The number of nitrogen functional groups attached to an aromatic ring is 1. The first-order valence-electron chi connectivity index (χ1n) is 5.99. The molecule has 0 unspecified atom stereocenters. The number of nitrogens with two attached hydrogens (primary N) is 1. The highest BCUT2D eigenvalue weighted by Gasteiger charge is 2.06. The Bertz CT molecular complexity index is 539. The predicted octanol–water partition coefficient (Wildman–Crippen LogP) is 3.40. The highest BCUT2D eigenvalue weighted by atomic mass is 35.5. The first-order chi connectivity index (χ1) is 8.54. The zero-order valence-electron chi connectivity index (χ0n) is 11.5. The van der Waals surface area contributed by atoms with Gasteiger partial charge in [0.2, 0.25) is 0 Å². The summed E-state index contributed by atoms with van der Waals surface area (Å²) < 4.78 is 0. The van der Waals surface area contributed by atoms with Gasteiger partial charge in [-0.1, -0.05) is 23.8 Å². The molecule has 1 aromatic heterocycles. The molecule has 3 nitrogen and oxygen atoms in total. The Labute approximate surface area is 124 Å². The molecule has 0 radical (unpaired) electrons. The van der Waals surface area contributed by atoms with Gasteiger partial charge in [-0.3, -0.25) is 4.90 Å². The lowest BCUT2D eigenvalue weighted by atomic mass is 10.1. The molecule has 0 bridgehead atoms. The van der Waals surface area contributed by atoms with Gasteiger partial charge >= 0.3 is 0 Å². The third-order valence-corrected chi connectivity index (χ3v) is 3.75. The standard InChI is InChI=1S/C14H19N3S.ClH/c1-10-4-5-11(2)12(6-10)8-17(3)9-13-7-16-14(15)18-13;/h4-7H,8-9H2,1-3H3,(H2,15,16);1H. The molecular formula is C14H20ClN3S. The van der Waals surface area contributed by atoms with Crippen LogP contribution in [0.1, 0.15) is 21.6 Å². The van der Waals surface area contributed by atoms with Crippen molar-refractivity contribution < 1.29 is 0 Å². The molecule has 0 fully saturated rings. The van der Waals surface area contributed by atoms with Crippen molar-refractivity contribution in [1.82, 2.24) is 9.88 Å². The van der Waals surface area contributed by atoms with Crippen molar-refractivity contribution in [1.29, 1.82) is 0 Å². The smallest absolute Gasteiger partial charge is 0.180 e. The van der Waals surface area contributed by atoms with Crippen LogP contribution in [0.25, 0.3) is 0 Å². The lowest BCUT2D eigenvalue weighted by molar-refractivity contribution is 0.321. The Morgan fingerprint density at radius 3 is 2.63 bits per heavy atom. The van der Waals surface area contributed by atoms with E-state index in [1.165, 1.54) is 21.6 Å². The fraction of sp³-hybridized carbons (Fsp3) is 0.357. The van der Waals surface area contributed by atoms with Crippen LogP contribution in [-0.2, 0) is 13.1 Å². The van der Waals surface area contributed by atoms with Crippen molar-refractivity contribution in [3.63, 3.8) is 0 Å². The minimum absolute atomic E-state index is 0. The van der Waals surface area contributed by atoms with Gasteiger partial charge in [0, 0.05) is 24.2 Å². The van der Waals surface area contributed by atoms with Gasteiger partial charge in [-0.05, 0) is 32.0 Å². The van der Waals surface area contributed by atoms with E-state index in [1.807, 2.05) is 6.20 Å². The van der Waals surface area contributed by atoms with Gasteiger partial charge in [-0.25, -0.2) is 4.98 Å². The molecule has 0 spiro atoms. The van der Waals surface area contributed by atoms with Crippen molar-refractivity contribution in [2.75, 3.05) is 12.8 Å². The van der Waals surface area contributed by atoms with E-state index < -0.39 is 0 Å². The van der Waals surface area contributed by atoms with E-state index in [-0.39, 0.29) is 12.4 Å². The number of anilines is 1. The molecule has 0 aliphatic rings. The Morgan fingerprint density at radius 1 is 1.26 bits per heavy atom. The molecule has 0 saturated carbocycles. The first kappa shape index (κ1) is 16.0. The largest absolute Gasteiger partial charge is 0.375 e. The molecule has 2 N–H and O–H groups in total. The van der Waals surface area contributed by atoms with Gasteiger partial charge < -0.3 is 5.73 Å². The number of benzene rings is 1. The minimum atomic E-state index is 0. The summed E-state index contributed by atoms with van der Waals surface area (Å²) in [5, 5.41) is 0.644. The summed E-state index contributed by atoms with van der Waals surface area (Å²) >= 11 is 1.56. The van der Waals surface area contributed by atoms with Crippen molar-refractivity contribution in [2.24, 2.45) is 0 Å². The van der Waals surface area contributed by atoms with Crippen LogP contribution in [0, 0.1) is 13.8 Å². The molecule has 2 rings (SSSR count). The summed E-state index contributed by atoms with van der Waals surface area (Å²) in [6.07, 6.45) is 1.86. The van der Waals surface area contributed by atoms with E-state index in [0.29, 0.717) is 5.13 Å². The topological polar surface area (TPSA) is 42.2 Å². The van der Waals surface area contributed by atoms with Gasteiger partial charge in [0.15, 0.2) is 5.13 Å². The highest BCUT2D eigenvalue weighted by Crippen LogP contribution is 2.18. The fourth-order valence-electron chi connectivity index (χ4n) is 1.98. The number of thiazole rings is 1. The lowest BCUT2D eigenvalue weighted by Gasteiger charge is -2.17. The first-order valence-corrected chi connectivity index (χ1v) is 6.81. The number of rotatable bonds is 4. The average molecular weight is 298 g/mol. The van der Waals surface area contributed by atoms with E-state index in [0.717, 1.165) is 13.1 Å². The van der Waals surface area contributed by atoms with Crippen molar-refractivity contribution in [3.05, 3.63) is 46.0 Å². The molecule has 0 aliphatic heterocycles. The maximum absolute atomic E-state index is 5.64. The minimum Gasteiger partial charge on any atom is -0.375 e. The van der Waals surface area contributed by atoms with Crippen LogP contribution in [0.5, 0.6) is 0 Å². The molecular weight excluding hydrogens is 278 g/mol. The Hall–Kier alpha value is -1.10. The van der Waals surface area contributed by atoms with Crippen molar-refractivity contribution >= 4 is 28.9 Å². The van der Waals surface area contributed by atoms with Gasteiger partial charge in [-0.2, -0.15) is 0 Å². The van der Waals surface area contributed by atoms with Gasteiger partial charge in [-0.15, -0.1) is 23.7 Å². The second-order valence-electron chi connectivity index (χ2n) is 4.77. The average Bonchev–Trinajstić information content (AvgIpc) is 2.69. The summed E-state index contributed by atoms with van der Waals surface area (Å²) in [5.41, 5.74) is 9.68. The lowest BCUT2D eigenvalue weighted by Crippen LogP contribution is -2.17. The number of aromatic nitrogens is 1. The van der Waals surface area contributed by atoms with Gasteiger partial charge in [0.05, 0.1) is 0 Å². The molecule has 19 heavy (non-hydrogen) atoms. The summed E-state index contributed by atoms with van der Waals surface area (Å²) in [6.45, 7) is 6.13. The number of halogens is 1. The molecule has 2 aromatic rings. The van der Waals surface area contributed by atoms with Crippen molar-refractivity contribution in [2.45, 2.75) is 26.9 Å². The fourth-order valence-corrected chi connectivity index (χ4v) is 2.74. The van der Waals surface area contributed by atoms with Crippen LogP contribution in [0.3, 0.4) is 0 Å².